The third kappa shape index (κ3) is 2.61. The van der Waals surface area contributed by atoms with Gasteiger partial charge in [0.1, 0.15) is 11.5 Å². The number of aromatic nitrogens is 6. The van der Waals surface area contributed by atoms with Crippen LogP contribution >= 0.6 is 0 Å². The first-order valence-corrected chi connectivity index (χ1v) is 7.41. The van der Waals surface area contributed by atoms with E-state index in [9.17, 15) is 9.18 Å². The van der Waals surface area contributed by atoms with Gasteiger partial charge in [0.2, 0.25) is 5.82 Å². The van der Waals surface area contributed by atoms with Gasteiger partial charge in [0.25, 0.3) is 5.91 Å². The molecule has 8 nitrogen and oxygen atoms in total. The molecule has 0 aliphatic heterocycles. The maximum atomic E-state index is 14.0. The molecule has 3 aromatic heterocycles. The number of rotatable bonds is 4. The van der Waals surface area contributed by atoms with E-state index in [0.29, 0.717) is 28.1 Å². The van der Waals surface area contributed by atoms with Gasteiger partial charge in [-0.15, -0.1) is 5.10 Å². The zero-order chi connectivity index (χ0) is 17.4. The highest BCUT2D eigenvalue weighted by molar-refractivity contribution is 5.92. The summed E-state index contributed by atoms with van der Waals surface area (Å²) >= 11 is 0. The smallest absolute Gasteiger partial charge is 0.288 e. The number of fused-ring (bicyclic) bond motifs is 1. The number of benzene rings is 1. The molecule has 0 saturated heterocycles. The molecule has 124 valence electrons. The summed E-state index contributed by atoms with van der Waals surface area (Å²) in [6.07, 6.45) is 1.63. The van der Waals surface area contributed by atoms with Crippen LogP contribution in [-0.4, -0.2) is 35.9 Å². The second-order valence-corrected chi connectivity index (χ2v) is 5.34. The Morgan fingerprint density at radius 1 is 1.24 bits per heavy atom. The van der Waals surface area contributed by atoms with Crippen LogP contribution in [0.4, 0.5) is 4.39 Å². The van der Waals surface area contributed by atoms with Crippen molar-refractivity contribution >= 4 is 16.9 Å². The number of halogens is 1. The summed E-state index contributed by atoms with van der Waals surface area (Å²) in [5.41, 5.74) is 6.69. The van der Waals surface area contributed by atoms with Gasteiger partial charge in [0.15, 0.2) is 11.5 Å². The highest BCUT2D eigenvalue weighted by Gasteiger charge is 2.18. The molecule has 0 fully saturated rings. The molecule has 25 heavy (non-hydrogen) atoms. The van der Waals surface area contributed by atoms with Crippen LogP contribution in [0.3, 0.4) is 0 Å². The normalized spacial score (nSPS) is 11.1. The minimum absolute atomic E-state index is 0.129. The molecule has 1 amide bonds. The van der Waals surface area contributed by atoms with Crippen molar-refractivity contribution in [1.29, 1.82) is 0 Å². The van der Waals surface area contributed by atoms with Crippen molar-refractivity contribution in [3.05, 3.63) is 59.8 Å². The van der Waals surface area contributed by atoms with E-state index in [2.05, 4.69) is 25.3 Å². The number of carbonyl (C=O) groups is 1. The SMILES string of the molecule is NC(=O)c1n[nH]c(-c2nn(Cc3ccccc3F)c3ncccc23)n1. The Morgan fingerprint density at radius 2 is 2.08 bits per heavy atom. The first-order valence-electron chi connectivity index (χ1n) is 7.41. The number of nitrogens with two attached hydrogens (primary N) is 1. The molecule has 0 saturated carbocycles. The van der Waals surface area contributed by atoms with E-state index in [-0.39, 0.29) is 18.2 Å². The van der Waals surface area contributed by atoms with E-state index in [1.165, 1.54) is 6.07 Å². The van der Waals surface area contributed by atoms with Crippen LogP contribution < -0.4 is 5.73 Å². The van der Waals surface area contributed by atoms with Gasteiger partial charge in [-0.25, -0.2) is 19.0 Å². The van der Waals surface area contributed by atoms with Gasteiger partial charge in [-0.2, -0.15) is 5.10 Å². The summed E-state index contributed by atoms with van der Waals surface area (Å²) in [5, 5.41) is 11.6. The van der Waals surface area contributed by atoms with Crippen LogP contribution in [0.2, 0.25) is 0 Å². The van der Waals surface area contributed by atoms with E-state index >= 15 is 0 Å². The topological polar surface area (TPSA) is 115 Å². The Labute approximate surface area is 140 Å². The first kappa shape index (κ1) is 14.9. The fourth-order valence-corrected chi connectivity index (χ4v) is 2.56. The molecule has 0 aliphatic carbocycles. The predicted octanol–water partition coefficient (Wildman–Crippen LogP) is 1.50. The second kappa shape index (κ2) is 5.78. The Bertz CT molecular complexity index is 1080. The largest absolute Gasteiger partial charge is 0.363 e. The lowest BCUT2D eigenvalue weighted by atomic mass is 10.2. The minimum atomic E-state index is -0.740. The monoisotopic (exact) mass is 337 g/mol. The van der Waals surface area contributed by atoms with Gasteiger partial charge < -0.3 is 5.73 Å². The lowest BCUT2D eigenvalue weighted by Gasteiger charge is -2.04. The van der Waals surface area contributed by atoms with Gasteiger partial charge >= 0.3 is 0 Å². The number of pyridine rings is 1. The summed E-state index contributed by atoms with van der Waals surface area (Å²) in [6.45, 7) is 0.205. The number of aromatic amines is 1. The molecule has 0 unspecified atom stereocenters. The molecule has 0 aliphatic rings. The van der Waals surface area contributed by atoms with E-state index < -0.39 is 5.91 Å². The van der Waals surface area contributed by atoms with Gasteiger partial charge in [-0.1, -0.05) is 18.2 Å². The molecule has 9 heteroatoms. The second-order valence-electron chi connectivity index (χ2n) is 5.34. The van der Waals surface area contributed by atoms with Gasteiger partial charge in [0, 0.05) is 11.8 Å². The van der Waals surface area contributed by atoms with Crippen molar-refractivity contribution in [2.75, 3.05) is 0 Å². The summed E-state index contributed by atoms with van der Waals surface area (Å²) in [7, 11) is 0. The van der Waals surface area contributed by atoms with Crippen LogP contribution in [-0.2, 0) is 6.54 Å². The predicted molar refractivity (Wildman–Crippen MR) is 86.9 cm³/mol. The highest BCUT2D eigenvalue weighted by Crippen LogP contribution is 2.25. The molecule has 3 N–H and O–H groups in total. The van der Waals surface area contributed by atoms with Crippen LogP contribution in [0, 0.1) is 5.82 Å². The van der Waals surface area contributed by atoms with E-state index in [4.69, 9.17) is 5.73 Å². The minimum Gasteiger partial charge on any atom is -0.363 e. The molecule has 3 heterocycles. The van der Waals surface area contributed by atoms with Gasteiger partial charge in [-0.05, 0) is 18.2 Å². The van der Waals surface area contributed by atoms with E-state index in [1.807, 2.05) is 6.07 Å². The summed E-state index contributed by atoms with van der Waals surface area (Å²) in [6, 6.07) is 10.0. The van der Waals surface area contributed by atoms with Crippen molar-refractivity contribution < 1.29 is 9.18 Å². The Kier molecular flexibility index (Phi) is 3.46. The van der Waals surface area contributed by atoms with E-state index in [0.717, 1.165) is 0 Å². The maximum Gasteiger partial charge on any atom is 0.288 e. The number of amides is 1. The molecule has 4 rings (SSSR count). The van der Waals surface area contributed by atoms with Crippen molar-refractivity contribution in [3.63, 3.8) is 0 Å². The maximum absolute atomic E-state index is 14.0. The number of hydrogen-bond donors (Lipinski definition) is 2. The van der Waals surface area contributed by atoms with Crippen LogP contribution in [0.1, 0.15) is 16.2 Å². The van der Waals surface area contributed by atoms with Gasteiger partial charge in [0.05, 0.1) is 11.9 Å². The zero-order valence-corrected chi connectivity index (χ0v) is 12.8. The number of carbonyl (C=O) groups excluding carboxylic acids is 1. The Balaban J connectivity index is 1.83. The van der Waals surface area contributed by atoms with Crippen LogP contribution in [0.25, 0.3) is 22.6 Å². The quantitative estimate of drug-likeness (QED) is 0.585. The number of hydrogen-bond acceptors (Lipinski definition) is 5. The van der Waals surface area contributed by atoms with E-state index in [1.54, 1.807) is 35.1 Å². The Morgan fingerprint density at radius 3 is 2.84 bits per heavy atom. The molecule has 0 atom stereocenters. The molecular weight excluding hydrogens is 325 g/mol. The standard InChI is InChI=1S/C16H12FN7O/c17-11-6-2-1-4-9(11)8-24-16-10(5-3-7-19-16)12(23-24)14-20-15(13(18)25)22-21-14/h1-7H,8H2,(H2,18,25)(H,20,21,22). The molecule has 0 bridgehead atoms. The third-order valence-electron chi connectivity index (χ3n) is 3.72. The fraction of sp³-hybridized carbons (Fsp3) is 0.0625. The van der Waals surface area contributed by atoms with Crippen LogP contribution in [0.5, 0.6) is 0 Å². The average molecular weight is 337 g/mol. The number of nitrogens with one attached hydrogen (secondary N) is 1. The molecular formula is C16H12FN7O. The lowest BCUT2D eigenvalue weighted by Crippen LogP contribution is -2.12. The summed E-state index contributed by atoms with van der Waals surface area (Å²) < 4.78 is 15.5. The third-order valence-corrected chi connectivity index (χ3v) is 3.72. The summed E-state index contributed by atoms with van der Waals surface area (Å²) in [4.78, 5) is 19.6. The number of H-pyrrole nitrogens is 1. The first-order chi connectivity index (χ1) is 12.1. The molecule has 1 aromatic carbocycles. The molecule has 0 radical (unpaired) electrons. The number of primary amides is 1. The van der Waals surface area contributed by atoms with Crippen molar-refractivity contribution in [3.8, 4) is 11.5 Å². The Hall–Kier alpha value is -3.62. The zero-order valence-electron chi connectivity index (χ0n) is 12.8. The van der Waals surface area contributed by atoms with Crippen molar-refractivity contribution in [2.24, 2.45) is 5.73 Å². The van der Waals surface area contributed by atoms with Crippen molar-refractivity contribution in [1.82, 2.24) is 29.9 Å². The average Bonchev–Trinajstić information content (AvgIpc) is 3.22. The van der Waals surface area contributed by atoms with Gasteiger partial charge in [-0.3, -0.25) is 9.89 Å². The summed E-state index contributed by atoms with van der Waals surface area (Å²) in [5.74, 6) is -0.898. The highest BCUT2D eigenvalue weighted by atomic mass is 19.1. The van der Waals surface area contributed by atoms with Crippen LogP contribution in [0.15, 0.2) is 42.6 Å². The fourth-order valence-electron chi connectivity index (χ4n) is 2.56. The lowest BCUT2D eigenvalue weighted by molar-refractivity contribution is 0.0991. The number of nitrogens with zero attached hydrogens (tertiary/aromatic N) is 5. The van der Waals surface area contributed by atoms with Crippen molar-refractivity contribution in [2.45, 2.75) is 6.54 Å². The molecule has 0 spiro atoms. The molecule has 4 aromatic rings.